The number of hydrogen-bond donors (Lipinski definition) is 1. The van der Waals surface area contributed by atoms with E-state index in [1.165, 1.54) is 0 Å². The highest BCUT2D eigenvalue weighted by Crippen LogP contribution is 2.01. The van der Waals surface area contributed by atoms with Gasteiger partial charge in [0.05, 0.1) is 0 Å². The highest BCUT2D eigenvalue weighted by Gasteiger charge is 2.03. The number of nitrogens with zero attached hydrogens (tertiary/aromatic N) is 1. The van der Waals surface area contributed by atoms with Crippen molar-refractivity contribution in [3.8, 4) is 0 Å². The van der Waals surface area contributed by atoms with Crippen molar-refractivity contribution in [2.45, 2.75) is 27.2 Å². The normalized spacial score (nSPS) is 11.6. The van der Waals surface area contributed by atoms with Gasteiger partial charge in [0.2, 0.25) is 0 Å². The van der Waals surface area contributed by atoms with Crippen molar-refractivity contribution >= 4 is 11.6 Å². The average molecular weight is 218 g/mol. The number of amides is 1. The molecule has 0 aliphatic carbocycles. The van der Waals surface area contributed by atoms with Crippen LogP contribution in [0.15, 0.2) is 35.4 Å². The maximum Gasteiger partial charge on any atom is 0.271 e. The van der Waals surface area contributed by atoms with Gasteiger partial charge in [-0.1, -0.05) is 32.0 Å². The van der Waals surface area contributed by atoms with E-state index in [9.17, 15) is 4.79 Å². The Morgan fingerprint density at radius 3 is 2.50 bits per heavy atom. The summed E-state index contributed by atoms with van der Waals surface area (Å²) in [5.74, 6) is 0.390. The molecule has 0 radical (unpaired) electrons. The first-order chi connectivity index (χ1) is 7.59. The van der Waals surface area contributed by atoms with Gasteiger partial charge in [-0.15, -0.1) is 0 Å². The van der Waals surface area contributed by atoms with E-state index in [4.69, 9.17) is 0 Å². The zero-order chi connectivity index (χ0) is 12.0. The SMILES string of the molecule is CC(CC(C)C)=NNC(=O)c1ccccc1. The molecule has 0 atom stereocenters. The van der Waals surface area contributed by atoms with Gasteiger partial charge >= 0.3 is 0 Å². The third-order valence-corrected chi connectivity index (χ3v) is 2.09. The number of hydrogen-bond acceptors (Lipinski definition) is 2. The molecule has 0 aromatic heterocycles. The zero-order valence-corrected chi connectivity index (χ0v) is 10.0. The molecule has 0 unspecified atom stereocenters. The third kappa shape index (κ3) is 4.26. The summed E-state index contributed by atoms with van der Waals surface area (Å²) in [5, 5.41) is 4.06. The Morgan fingerprint density at radius 1 is 1.31 bits per heavy atom. The minimum absolute atomic E-state index is 0.163. The maximum atomic E-state index is 11.6. The first kappa shape index (κ1) is 12.4. The van der Waals surface area contributed by atoms with Crippen LogP contribution in [0.4, 0.5) is 0 Å². The molecule has 16 heavy (non-hydrogen) atoms. The standard InChI is InChI=1S/C13H18N2O/c1-10(2)9-11(3)14-15-13(16)12-7-5-4-6-8-12/h4-8,10H,9H2,1-3H3,(H,15,16). The van der Waals surface area contributed by atoms with E-state index in [2.05, 4.69) is 24.4 Å². The quantitative estimate of drug-likeness (QED) is 0.612. The first-order valence-electron chi connectivity index (χ1n) is 5.48. The molecule has 0 aliphatic rings. The summed E-state index contributed by atoms with van der Waals surface area (Å²) in [5.41, 5.74) is 4.13. The highest BCUT2D eigenvalue weighted by atomic mass is 16.2. The van der Waals surface area contributed by atoms with Crippen molar-refractivity contribution in [1.82, 2.24) is 5.43 Å². The van der Waals surface area contributed by atoms with Crippen LogP contribution in [0.1, 0.15) is 37.6 Å². The fourth-order valence-corrected chi connectivity index (χ4v) is 1.44. The molecule has 1 aromatic carbocycles. The van der Waals surface area contributed by atoms with Crippen molar-refractivity contribution in [2.75, 3.05) is 0 Å². The monoisotopic (exact) mass is 218 g/mol. The largest absolute Gasteiger partial charge is 0.271 e. The lowest BCUT2D eigenvalue weighted by molar-refractivity contribution is 0.0954. The molecule has 0 bridgehead atoms. The maximum absolute atomic E-state index is 11.6. The van der Waals surface area contributed by atoms with E-state index >= 15 is 0 Å². The number of carbonyl (C=O) groups is 1. The van der Waals surface area contributed by atoms with Crippen LogP contribution in [-0.4, -0.2) is 11.6 Å². The molecule has 3 heteroatoms. The lowest BCUT2D eigenvalue weighted by atomic mass is 10.1. The Kier molecular flexibility index (Phi) is 4.70. The summed E-state index contributed by atoms with van der Waals surface area (Å²) in [6.45, 7) is 6.17. The molecule has 0 saturated carbocycles. The van der Waals surface area contributed by atoms with Crippen LogP contribution < -0.4 is 5.43 Å². The fourth-order valence-electron chi connectivity index (χ4n) is 1.44. The number of hydrazone groups is 1. The molecule has 0 spiro atoms. The lowest BCUT2D eigenvalue weighted by Crippen LogP contribution is -2.19. The van der Waals surface area contributed by atoms with E-state index in [1.807, 2.05) is 25.1 Å². The van der Waals surface area contributed by atoms with E-state index < -0.39 is 0 Å². The molecule has 1 N–H and O–H groups in total. The molecule has 1 aromatic rings. The minimum Gasteiger partial charge on any atom is -0.267 e. The second-order valence-corrected chi connectivity index (χ2v) is 4.25. The predicted molar refractivity (Wildman–Crippen MR) is 66.5 cm³/mol. The topological polar surface area (TPSA) is 41.5 Å². The van der Waals surface area contributed by atoms with E-state index in [0.29, 0.717) is 11.5 Å². The Bertz CT molecular complexity index is 369. The molecule has 0 aliphatic heterocycles. The number of rotatable bonds is 4. The smallest absolute Gasteiger partial charge is 0.267 e. The van der Waals surface area contributed by atoms with Crippen LogP contribution in [0.3, 0.4) is 0 Å². The molecule has 86 valence electrons. The van der Waals surface area contributed by atoms with Crippen LogP contribution in [-0.2, 0) is 0 Å². The number of nitrogens with one attached hydrogen (secondary N) is 1. The number of carbonyl (C=O) groups excluding carboxylic acids is 1. The van der Waals surface area contributed by atoms with Crippen LogP contribution >= 0.6 is 0 Å². The Hall–Kier alpha value is -1.64. The first-order valence-corrected chi connectivity index (χ1v) is 5.48. The zero-order valence-electron chi connectivity index (χ0n) is 10.0. The van der Waals surface area contributed by atoms with Crippen LogP contribution in [0.25, 0.3) is 0 Å². The highest BCUT2D eigenvalue weighted by molar-refractivity contribution is 5.95. The molecule has 0 heterocycles. The molecular formula is C13H18N2O. The van der Waals surface area contributed by atoms with Gasteiger partial charge < -0.3 is 0 Å². The molecule has 0 fully saturated rings. The van der Waals surface area contributed by atoms with Gasteiger partial charge in [-0.3, -0.25) is 4.79 Å². The van der Waals surface area contributed by atoms with Crippen molar-refractivity contribution in [2.24, 2.45) is 11.0 Å². The van der Waals surface area contributed by atoms with Crippen molar-refractivity contribution in [3.63, 3.8) is 0 Å². The molecule has 1 amide bonds. The van der Waals surface area contributed by atoms with E-state index in [-0.39, 0.29) is 5.91 Å². The summed E-state index contributed by atoms with van der Waals surface area (Å²) in [6.07, 6.45) is 0.898. The van der Waals surface area contributed by atoms with Gasteiger partial charge in [0.15, 0.2) is 0 Å². The second kappa shape index (κ2) is 6.05. The van der Waals surface area contributed by atoms with Gasteiger partial charge in [-0.05, 0) is 31.4 Å². The van der Waals surface area contributed by atoms with Gasteiger partial charge in [0, 0.05) is 11.3 Å². The van der Waals surface area contributed by atoms with Gasteiger partial charge in [0.1, 0.15) is 0 Å². The van der Waals surface area contributed by atoms with Gasteiger partial charge in [0.25, 0.3) is 5.91 Å². The minimum atomic E-state index is -0.163. The summed E-state index contributed by atoms with van der Waals surface area (Å²) >= 11 is 0. The Balaban J connectivity index is 2.53. The van der Waals surface area contributed by atoms with Crippen molar-refractivity contribution in [3.05, 3.63) is 35.9 Å². The van der Waals surface area contributed by atoms with Crippen molar-refractivity contribution < 1.29 is 4.79 Å². The Labute approximate surface area is 96.6 Å². The van der Waals surface area contributed by atoms with E-state index in [1.54, 1.807) is 12.1 Å². The van der Waals surface area contributed by atoms with Gasteiger partial charge in [-0.2, -0.15) is 5.10 Å². The van der Waals surface area contributed by atoms with E-state index in [0.717, 1.165) is 12.1 Å². The van der Waals surface area contributed by atoms with Gasteiger partial charge in [-0.25, -0.2) is 5.43 Å². The molecule has 3 nitrogen and oxygen atoms in total. The fraction of sp³-hybridized carbons (Fsp3) is 0.385. The molecule has 0 saturated heterocycles. The summed E-state index contributed by atoms with van der Waals surface area (Å²) in [7, 11) is 0. The summed E-state index contributed by atoms with van der Waals surface area (Å²) in [6, 6.07) is 9.08. The predicted octanol–water partition coefficient (Wildman–Crippen LogP) is 2.84. The molecule has 1 rings (SSSR count). The lowest BCUT2D eigenvalue weighted by Gasteiger charge is -2.04. The number of benzene rings is 1. The third-order valence-electron chi connectivity index (χ3n) is 2.09. The van der Waals surface area contributed by atoms with Crippen molar-refractivity contribution in [1.29, 1.82) is 0 Å². The summed E-state index contributed by atoms with van der Waals surface area (Å²) in [4.78, 5) is 11.6. The second-order valence-electron chi connectivity index (χ2n) is 4.25. The van der Waals surface area contributed by atoms with Crippen LogP contribution in [0, 0.1) is 5.92 Å². The van der Waals surface area contributed by atoms with Crippen LogP contribution in [0.2, 0.25) is 0 Å². The Morgan fingerprint density at radius 2 is 1.94 bits per heavy atom. The molecular weight excluding hydrogens is 200 g/mol. The van der Waals surface area contributed by atoms with Crippen LogP contribution in [0.5, 0.6) is 0 Å². The summed E-state index contributed by atoms with van der Waals surface area (Å²) < 4.78 is 0. The average Bonchev–Trinajstić information content (AvgIpc) is 2.26.